The lowest BCUT2D eigenvalue weighted by atomic mass is 9.68. The van der Waals surface area contributed by atoms with E-state index in [0.717, 1.165) is 55.5 Å². The second-order valence-corrected chi connectivity index (χ2v) is 16.4. The lowest BCUT2D eigenvalue weighted by Crippen LogP contribution is -2.28. The molecule has 0 amide bonds. The van der Waals surface area contributed by atoms with Crippen molar-refractivity contribution in [1.82, 2.24) is 4.57 Å². The third-order valence-corrected chi connectivity index (χ3v) is 13.3. The monoisotopic (exact) mass is 790 g/mol. The number of hydrogen-bond donors (Lipinski definition) is 0. The second-order valence-electron chi connectivity index (χ2n) is 16.4. The third kappa shape index (κ3) is 4.88. The van der Waals surface area contributed by atoms with Gasteiger partial charge < -0.3 is 13.9 Å². The van der Waals surface area contributed by atoms with Crippen molar-refractivity contribution in [2.45, 2.75) is 5.41 Å². The highest BCUT2D eigenvalue weighted by atomic mass is 16.3. The van der Waals surface area contributed by atoms with Gasteiger partial charge in [-0.3, -0.25) is 0 Å². The molecule has 62 heavy (non-hydrogen) atoms. The molecule has 0 saturated heterocycles. The molecule has 1 aliphatic rings. The summed E-state index contributed by atoms with van der Waals surface area (Å²) >= 11 is 0. The molecule has 1 aliphatic carbocycles. The number of aromatic nitrogens is 1. The Morgan fingerprint density at radius 2 is 0.984 bits per heavy atom. The predicted molar refractivity (Wildman–Crippen MR) is 258 cm³/mol. The van der Waals surface area contributed by atoms with Gasteiger partial charge in [-0.05, 0) is 99.9 Å². The lowest BCUT2D eigenvalue weighted by Gasteiger charge is -2.34. The minimum Gasteiger partial charge on any atom is -0.455 e. The van der Waals surface area contributed by atoms with Crippen LogP contribution in [0.15, 0.2) is 235 Å². The molecule has 12 aromatic rings. The van der Waals surface area contributed by atoms with E-state index in [4.69, 9.17) is 4.42 Å². The zero-order valence-electron chi connectivity index (χ0n) is 33.7. The Labute approximate surface area is 359 Å². The van der Waals surface area contributed by atoms with E-state index < -0.39 is 5.41 Å². The number of hydrogen-bond acceptors (Lipinski definition) is 2. The van der Waals surface area contributed by atoms with Gasteiger partial charge in [0.15, 0.2) is 0 Å². The summed E-state index contributed by atoms with van der Waals surface area (Å²) in [7, 11) is 0. The maximum absolute atomic E-state index is 6.66. The normalized spacial score (nSPS) is 13.0. The van der Waals surface area contributed by atoms with E-state index in [2.05, 4.69) is 234 Å². The Hall–Kier alpha value is -8.14. The Kier molecular flexibility index (Phi) is 7.52. The van der Waals surface area contributed by atoms with Crippen LogP contribution in [0.25, 0.3) is 71.3 Å². The van der Waals surface area contributed by atoms with Crippen LogP contribution < -0.4 is 4.90 Å². The molecule has 0 saturated carbocycles. The maximum Gasteiger partial charge on any atom is 0.143 e. The van der Waals surface area contributed by atoms with Gasteiger partial charge in [0.25, 0.3) is 0 Å². The van der Waals surface area contributed by atoms with Crippen molar-refractivity contribution < 1.29 is 4.42 Å². The van der Waals surface area contributed by atoms with Gasteiger partial charge in [-0.1, -0.05) is 164 Å². The molecule has 10 aromatic carbocycles. The van der Waals surface area contributed by atoms with E-state index in [9.17, 15) is 0 Å². The number of furan rings is 1. The first kappa shape index (κ1) is 34.7. The summed E-state index contributed by atoms with van der Waals surface area (Å²) in [5.74, 6) is 0. The van der Waals surface area contributed by atoms with Crippen LogP contribution in [-0.4, -0.2) is 4.57 Å². The molecule has 0 atom stereocenters. The topological polar surface area (TPSA) is 21.3 Å². The molecule has 0 N–H and O–H groups in total. The average molecular weight is 791 g/mol. The Morgan fingerprint density at radius 3 is 1.71 bits per heavy atom. The van der Waals surface area contributed by atoms with Crippen molar-refractivity contribution in [2.75, 3.05) is 4.90 Å². The first-order valence-corrected chi connectivity index (χ1v) is 21.3. The SMILES string of the molecule is c1ccc(C2(c3ccccc3)c3ccccc3-c3c(N(c4ccc(-n5c6ccccc6c6ccccc65)cc4)c4ccc5ccc6c7ccccc7oc6c5c4)cccc32)cc1. The first-order valence-electron chi connectivity index (χ1n) is 21.3. The predicted octanol–water partition coefficient (Wildman–Crippen LogP) is 15.7. The highest BCUT2D eigenvalue weighted by Crippen LogP contribution is 2.59. The number of para-hydroxylation sites is 3. The van der Waals surface area contributed by atoms with Crippen LogP contribution in [0.1, 0.15) is 22.3 Å². The van der Waals surface area contributed by atoms with Gasteiger partial charge in [0.1, 0.15) is 11.2 Å². The van der Waals surface area contributed by atoms with Gasteiger partial charge >= 0.3 is 0 Å². The van der Waals surface area contributed by atoms with Crippen LogP contribution >= 0.6 is 0 Å². The summed E-state index contributed by atoms with van der Waals surface area (Å²) < 4.78 is 9.05. The largest absolute Gasteiger partial charge is 0.455 e. The van der Waals surface area contributed by atoms with Gasteiger partial charge in [0.05, 0.1) is 22.1 Å². The lowest BCUT2D eigenvalue weighted by molar-refractivity contribution is 0.672. The fourth-order valence-electron chi connectivity index (χ4n) is 10.7. The van der Waals surface area contributed by atoms with Crippen LogP contribution in [-0.2, 0) is 5.41 Å². The number of benzene rings is 10. The number of anilines is 3. The molecular formula is C59H38N2O. The van der Waals surface area contributed by atoms with E-state index in [-0.39, 0.29) is 0 Å². The highest BCUT2D eigenvalue weighted by molar-refractivity contribution is 6.16. The maximum atomic E-state index is 6.66. The molecule has 0 spiro atoms. The van der Waals surface area contributed by atoms with Crippen molar-refractivity contribution >= 4 is 71.6 Å². The van der Waals surface area contributed by atoms with Crippen LogP contribution in [0.3, 0.4) is 0 Å². The van der Waals surface area contributed by atoms with Crippen molar-refractivity contribution in [2.24, 2.45) is 0 Å². The van der Waals surface area contributed by atoms with E-state index in [0.29, 0.717) is 0 Å². The molecule has 0 aliphatic heterocycles. The van der Waals surface area contributed by atoms with Gasteiger partial charge in [-0.15, -0.1) is 0 Å². The van der Waals surface area contributed by atoms with Crippen LogP contribution in [0, 0.1) is 0 Å². The summed E-state index contributed by atoms with van der Waals surface area (Å²) in [6.45, 7) is 0. The van der Waals surface area contributed by atoms with Crippen LogP contribution in [0.2, 0.25) is 0 Å². The summed E-state index contributed by atoms with van der Waals surface area (Å²) in [6.07, 6.45) is 0. The smallest absolute Gasteiger partial charge is 0.143 e. The molecule has 0 bridgehead atoms. The molecule has 2 aromatic heterocycles. The van der Waals surface area contributed by atoms with E-state index in [1.165, 1.54) is 55.2 Å². The molecule has 2 heterocycles. The number of fused-ring (bicyclic) bond motifs is 11. The van der Waals surface area contributed by atoms with E-state index in [1.54, 1.807) is 0 Å². The van der Waals surface area contributed by atoms with E-state index in [1.807, 2.05) is 6.07 Å². The molecule has 3 heteroatoms. The fourth-order valence-corrected chi connectivity index (χ4v) is 10.7. The summed E-state index contributed by atoms with van der Waals surface area (Å²) in [5.41, 5.74) is 15.5. The molecule has 13 rings (SSSR count). The molecule has 290 valence electrons. The summed E-state index contributed by atoms with van der Waals surface area (Å²) in [4.78, 5) is 2.46. The van der Waals surface area contributed by atoms with Crippen molar-refractivity contribution in [3.63, 3.8) is 0 Å². The zero-order valence-corrected chi connectivity index (χ0v) is 33.7. The highest BCUT2D eigenvalue weighted by Gasteiger charge is 2.47. The van der Waals surface area contributed by atoms with E-state index >= 15 is 0 Å². The zero-order chi connectivity index (χ0) is 40.8. The van der Waals surface area contributed by atoms with Crippen molar-refractivity contribution in [3.8, 4) is 16.8 Å². The Bertz CT molecular complexity index is 3600. The quantitative estimate of drug-likeness (QED) is 0.167. The Balaban J connectivity index is 1.08. The van der Waals surface area contributed by atoms with Gasteiger partial charge in [-0.25, -0.2) is 0 Å². The minimum absolute atomic E-state index is 0.527. The third-order valence-electron chi connectivity index (χ3n) is 13.3. The number of rotatable bonds is 6. The number of nitrogens with zero attached hydrogens (tertiary/aromatic N) is 2. The molecule has 3 nitrogen and oxygen atoms in total. The summed E-state index contributed by atoms with van der Waals surface area (Å²) in [6, 6.07) is 84.1. The average Bonchev–Trinajstić information content (AvgIpc) is 4.00. The fraction of sp³-hybridized carbons (Fsp3) is 0.0169. The molecule has 0 fully saturated rings. The van der Waals surface area contributed by atoms with Crippen LogP contribution in [0.5, 0.6) is 0 Å². The second kappa shape index (κ2) is 13.4. The molecule has 0 unspecified atom stereocenters. The van der Waals surface area contributed by atoms with Gasteiger partial charge in [0, 0.05) is 49.6 Å². The molecular weight excluding hydrogens is 753 g/mol. The van der Waals surface area contributed by atoms with Gasteiger partial charge in [0.2, 0.25) is 0 Å². The first-order chi connectivity index (χ1) is 30.8. The Morgan fingerprint density at radius 1 is 0.403 bits per heavy atom. The standard InChI is InChI=1S/C59H38N2O/c1-3-16-40(17-4-1)59(41-18-5-2-6-19-41)51-24-11-7-23-49(51)57-52(59)25-15-28-55(57)60(44-32-30-39-31-37-48-47-22-10-14-29-56(47)62-58(48)50(39)38-44)42-33-35-43(36-34-42)61-53-26-12-8-20-45(53)46-21-9-13-27-54(46)61/h1-38H. The van der Waals surface area contributed by atoms with Gasteiger partial charge in [-0.2, -0.15) is 0 Å². The van der Waals surface area contributed by atoms with Crippen molar-refractivity contribution in [1.29, 1.82) is 0 Å². The summed E-state index contributed by atoms with van der Waals surface area (Å²) in [5, 5.41) is 6.97. The minimum atomic E-state index is -0.527. The molecule has 0 radical (unpaired) electrons. The van der Waals surface area contributed by atoms with Crippen molar-refractivity contribution in [3.05, 3.63) is 253 Å². The van der Waals surface area contributed by atoms with Crippen LogP contribution in [0.4, 0.5) is 17.1 Å².